The van der Waals surface area contributed by atoms with Crippen molar-refractivity contribution in [3.8, 4) is 11.6 Å². The molecule has 5 aromatic rings. The van der Waals surface area contributed by atoms with Gasteiger partial charge in [0.05, 0.1) is 11.9 Å². The Balaban J connectivity index is 1.53. The summed E-state index contributed by atoms with van der Waals surface area (Å²) in [6.45, 7) is 2.45. The van der Waals surface area contributed by atoms with E-state index in [0.717, 1.165) is 5.56 Å². The summed E-state index contributed by atoms with van der Waals surface area (Å²) < 4.78 is 7.43. The fraction of sp³-hybridized carbons (Fsp3) is 0.120. The molecule has 5 rings (SSSR count). The molecule has 0 bridgehead atoms. The van der Waals surface area contributed by atoms with E-state index in [4.69, 9.17) is 4.42 Å². The summed E-state index contributed by atoms with van der Waals surface area (Å²) in [7, 11) is 0. The zero-order chi connectivity index (χ0) is 21.9. The Hall–Kier alpha value is -3.71. The molecule has 0 fully saturated rings. The number of thioether (sulfide) groups is 1. The van der Waals surface area contributed by atoms with Gasteiger partial charge >= 0.3 is 0 Å². The molecule has 32 heavy (non-hydrogen) atoms. The van der Waals surface area contributed by atoms with Crippen molar-refractivity contribution in [2.45, 2.75) is 23.9 Å². The number of nitrogens with zero attached hydrogens (tertiary/aromatic N) is 4. The van der Waals surface area contributed by atoms with Gasteiger partial charge in [-0.05, 0) is 24.1 Å². The predicted molar refractivity (Wildman–Crippen MR) is 126 cm³/mol. The van der Waals surface area contributed by atoms with Crippen molar-refractivity contribution in [2.24, 2.45) is 0 Å². The quantitative estimate of drug-likeness (QED) is 0.332. The average Bonchev–Trinajstić information content (AvgIpc) is 3.30. The van der Waals surface area contributed by atoms with E-state index in [2.05, 4.69) is 34.4 Å². The van der Waals surface area contributed by atoms with Gasteiger partial charge in [0.25, 0.3) is 16.7 Å². The predicted octanol–water partition coefficient (Wildman–Crippen LogP) is 5.35. The summed E-state index contributed by atoms with van der Waals surface area (Å²) in [6, 6.07) is 27.3. The molecule has 2 aromatic heterocycles. The SMILES string of the molecule is CC(Sc1nnc(-c2nn(Cc3ccccc3)c(=O)c3ccccc23)o1)c1ccccc1. The second-order valence-electron chi connectivity index (χ2n) is 7.39. The molecule has 0 saturated heterocycles. The van der Waals surface area contributed by atoms with Gasteiger partial charge in [0.15, 0.2) is 5.69 Å². The Kier molecular flexibility index (Phi) is 5.56. The molecule has 6 nitrogen and oxygen atoms in total. The van der Waals surface area contributed by atoms with E-state index in [-0.39, 0.29) is 10.8 Å². The zero-order valence-corrected chi connectivity index (χ0v) is 18.2. The Labute approximate surface area is 188 Å². The number of hydrogen-bond acceptors (Lipinski definition) is 6. The maximum Gasteiger partial charge on any atom is 0.277 e. The molecular weight excluding hydrogens is 420 g/mol. The number of fused-ring (bicyclic) bond motifs is 1. The van der Waals surface area contributed by atoms with Gasteiger partial charge in [-0.25, -0.2) is 4.68 Å². The van der Waals surface area contributed by atoms with Gasteiger partial charge < -0.3 is 4.42 Å². The lowest BCUT2D eigenvalue weighted by molar-refractivity contribution is 0.462. The van der Waals surface area contributed by atoms with Gasteiger partial charge in [0.1, 0.15) is 0 Å². The second-order valence-corrected chi connectivity index (χ2v) is 8.68. The van der Waals surface area contributed by atoms with Gasteiger partial charge in [0.2, 0.25) is 0 Å². The number of benzene rings is 3. The summed E-state index contributed by atoms with van der Waals surface area (Å²) in [5.74, 6) is 0.297. The van der Waals surface area contributed by atoms with E-state index in [9.17, 15) is 4.79 Å². The number of aromatic nitrogens is 4. The van der Waals surface area contributed by atoms with Crippen molar-refractivity contribution < 1.29 is 4.42 Å². The largest absolute Gasteiger partial charge is 0.409 e. The Bertz CT molecular complexity index is 1410. The molecule has 1 unspecified atom stereocenters. The van der Waals surface area contributed by atoms with Crippen LogP contribution in [0.2, 0.25) is 0 Å². The van der Waals surface area contributed by atoms with E-state index < -0.39 is 0 Å². The molecule has 0 aliphatic carbocycles. The monoisotopic (exact) mass is 440 g/mol. The van der Waals surface area contributed by atoms with Gasteiger partial charge in [-0.1, -0.05) is 90.6 Å². The van der Waals surface area contributed by atoms with E-state index in [1.165, 1.54) is 22.0 Å². The molecule has 1 atom stereocenters. The van der Waals surface area contributed by atoms with Crippen molar-refractivity contribution in [1.82, 2.24) is 20.0 Å². The Morgan fingerprint density at radius 1 is 0.875 bits per heavy atom. The van der Waals surface area contributed by atoms with E-state index >= 15 is 0 Å². The normalized spacial score (nSPS) is 12.2. The minimum absolute atomic E-state index is 0.153. The highest BCUT2D eigenvalue weighted by Gasteiger charge is 2.19. The first-order chi connectivity index (χ1) is 15.7. The fourth-order valence-corrected chi connectivity index (χ4v) is 4.36. The Morgan fingerprint density at radius 2 is 1.53 bits per heavy atom. The third kappa shape index (κ3) is 4.07. The standard InChI is InChI=1S/C25H20N4O2S/c1-17(19-12-6-3-7-13-19)32-25-27-26-23(31-25)22-20-14-8-9-15-21(20)24(30)29(28-22)16-18-10-4-2-5-11-18/h2-15,17H,16H2,1H3. The van der Waals surface area contributed by atoms with Crippen molar-refractivity contribution in [3.05, 3.63) is 106 Å². The molecule has 0 saturated carbocycles. The summed E-state index contributed by atoms with van der Waals surface area (Å²) in [5, 5.41) is 15.0. The molecular formula is C25H20N4O2S. The van der Waals surface area contributed by atoms with Crippen LogP contribution in [-0.2, 0) is 6.54 Å². The zero-order valence-electron chi connectivity index (χ0n) is 17.4. The van der Waals surface area contributed by atoms with Crippen LogP contribution in [0.15, 0.2) is 99.4 Å². The van der Waals surface area contributed by atoms with Gasteiger partial charge in [-0.15, -0.1) is 10.2 Å². The molecule has 0 N–H and O–H groups in total. The van der Waals surface area contributed by atoms with Crippen molar-refractivity contribution >= 4 is 22.5 Å². The van der Waals surface area contributed by atoms with Gasteiger partial charge in [-0.2, -0.15) is 5.10 Å². The maximum atomic E-state index is 13.1. The van der Waals surface area contributed by atoms with E-state index in [1.807, 2.05) is 66.7 Å². The second kappa shape index (κ2) is 8.80. The minimum atomic E-state index is -0.153. The first kappa shape index (κ1) is 20.2. The molecule has 158 valence electrons. The fourth-order valence-electron chi connectivity index (χ4n) is 3.55. The van der Waals surface area contributed by atoms with Crippen LogP contribution in [0.25, 0.3) is 22.4 Å². The highest BCUT2D eigenvalue weighted by atomic mass is 32.2. The summed E-state index contributed by atoms with van der Waals surface area (Å²) >= 11 is 1.49. The van der Waals surface area contributed by atoms with Crippen LogP contribution in [0.3, 0.4) is 0 Å². The van der Waals surface area contributed by atoms with Crippen LogP contribution in [-0.4, -0.2) is 20.0 Å². The molecule has 0 aliphatic heterocycles. The highest BCUT2D eigenvalue weighted by molar-refractivity contribution is 7.99. The maximum absolute atomic E-state index is 13.1. The summed E-state index contributed by atoms with van der Waals surface area (Å²) in [5.41, 5.74) is 2.52. The van der Waals surface area contributed by atoms with Crippen molar-refractivity contribution in [2.75, 3.05) is 0 Å². The average molecular weight is 441 g/mol. The molecule has 0 amide bonds. The first-order valence-corrected chi connectivity index (χ1v) is 11.2. The van der Waals surface area contributed by atoms with E-state index in [1.54, 1.807) is 6.07 Å². The minimum Gasteiger partial charge on any atom is -0.409 e. The smallest absolute Gasteiger partial charge is 0.277 e. The number of hydrogen-bond donors (Lipinski definition) is 0. The molecule has 0 spiro atoms. The third-order valence-corrected chi connectivity index (χ3v) is 6.19. The van der Waals surface area contributed by atoms with Gasteiger partial charge in [0, 0.05) is 10.6 Å². The molecule has 2 heterocycles. The Morgan fingerprint density at radius 3 is 2.28 bits per heavy atom. The lowest BCUT2D eigenvalue weighted by atomic mass is 10.1. The molecule has 0 aliphatic rings. The van der Waals surface area contributed by atoms with Crippen LogP contribution >= 0.6 is 11.8 Å². The lowest BCUT2D eigenvalue weighted by Gasteiger charge is -2.09. The van der Waals surface area contributed by atoms with Crippen LogP contribution in [0, 0.1) is 0 Å². The van der Waals surface area contributed by atoms with Crippen molar-refractivity contribution in [3.63, 3.8) is 0 Å². The topological polar surface area (TPSA) is 73.8 Å². The van der Waals surface area contributed by atoms with Gasteiger partial charge in [-0.3, -0.25) is 4.79 Å². The molecule has 0 radical (unpaired) electrons. The van der Waals surface area contributed by atoms with Crippen LogP contribution in [0.5, 0.6) is 0 Å². The van der Waals surface area contributed by atoms with E-state index in [0.29, 0.717) is 34.1 Å². The number of rotatable bonds is 6. The molecule has 3 aromatic carbocycles. The first-order valence-electron chi connectivity index (χ1n) is 10.3. The highest BCUT2D eigenvalue weighted by Crippen LogP contribution is 2.35. The van der Waals surface area contributed by atoms with Crippen LogP contribution in [0.4, 0.5) is 0 Å². The lowest BCUT2D eigenvalue weighted by Crippen LogP contribution is -2.24. The van der Waals surface area contributed by atoms with Crippen LogP contribution in [0.1, 0.15) is 23.3 Å². The summed E-state index contributed by atoms with van der Waals surface area (Å²) in [6.07, 6.45) is 0. The van der Waals surface area contributed by atoms with Crippen molar-refractivity contribution in [1.29, 1.82) is 0 Å². The van der Waals surface area contributed by atoms with Crippen LogP contribution < -0.4 is 5.56 Å². The molecule has 7 heteroatoms. The third-order valence-electron chi connectivity index (χ3n) is 5.20. The summed E-state index contributed by atoms with van der Waals surface area (Å²) in [4.78, 5) is 13.1.